The van der Waals surface area contributed by atoms with Gasteiger partial charge in [0.05, 0.1) is 24.8 Å². The number of ether oxygens (including phenoxy) is 2. The molecule has 0 radical (unpaired) electrons. The molecule has 4 aromatic rings. The van der Waals surface area contributed by atoms with Crippen LogP contribution in [0.25, 0.3) is 22.4 Å². The van der Waals surface area contributed by atoms with Crippen molar-refractivity contribution in [2.45, 2.75) is 45.1 Å². The van der Waals surface area contributed by atoms with Crippen molar-refractivity contribution in [3.63, 3.8) is 0 Å². The van der Waals surface area contributed by atoms with E-state index in [0.29, 0.717) is 35.5 Å². The summed E-state index contributed by atoms with van der Waals surface area (Å²) >= 11 is 0. The number of hydrogen-bond donors (Lipinski definition) is 2. The summed E-state index contributed by atoms with van der Waals surface area (Å²) in [4.78, 5) is 29.6. The van der Waals surface area contributed by atoms with Crippen molar-refractivity contribution >= 4 is 28.4 Å². The number of primary amides is 1. The van der Waals surface area contributed by atoms with Gasteiger partial charge in [0, 0.05) is 55.7 Å². The van der Waals surface area contributed by atoms with Crippen molar-refractivity contribution < 1.29 is 18.7 Å². The van der Waals surface area contributed by atoms with Gasteiger partial charge < -0.3 is 34.7 Å². The Bertz CT molecular complexity index is 1600. The van der Waals surface area contributed by atoms with Crippen LogP contribution in [0.1, 0.15) is 48.2 Å². The van der Waals surface area contributed by atoms with Gasteiger partial charge in [-0.15, -0.1) is 0 Å². The second-order valence-corrected chi connectivity index (χ2v) is 11.8. The molecule has 1 saturated carbocycles. The highest BCUT2D eigenvalue weighted by molar-refractivity contribution is 5.96. The number of likely N-dealkylation sites (tertiary alicyclic amines) is 1. The summed E-state index contributed by atoms with van der Waals surface area (Å²) in [5, 5.41) is 4.77. The molecule has 2 atom stereocenters. The van der Waals surface area contributed by atoms with Crippen LogP contribution < -0.4 is 25.4 Å². The lowest BCUT2D eigenvalue weighted by molar-refractivity contribution is 0.0999. The van der Waals surface area contributed by atoms with Crippen LogP contribution >= 0.6 is 0 Å². The van der Waals surface area contributed by atoms with Crippen molar-refractivity contribution in [2.24, 2.45) is 11.7 Å². The van der Waals surface area contributed by atoms with E-state index in [1.54, 1.807) is 7.11 Å². The Kier molecular flexibility index (Phi) is 8.83. The third-order valence-corrected chi connectivity index (χ3v) is 8.69. The molecule has 4 heterocycles. The molecular weight excluding hydrogens is 558 g/mol. The SMILES string of the molecule is COc1cc2c(N[C@H]3CCC3CN(C)c3ncc(C(N)=O)cn3)cc(-c3ccc(C)o3)nc2cc1OCCCN1CCCC1. The van der Waals surface area contributed by atoms with Gasteiger partial charge >= 0.3 is 0 Å². The van der Waals surface area contributed by atoms with E-state index in [1.165, 1.54) is 38.3 Å². The van der Waals surface area contributed by atoms with Gasteiger partial charge in [-0.1, -0.05) is 0 Å². The van der Waals surface area contributed by atoms with E-state index in [1.807, 2.05) is 43.1 Å². The summed E-state index contributed by atoms with van der Waals surface area (Å²) < 4.78 is 18.0. The van der Waals surface area contributed by atoms with Crippen LogP contribution in [-0.4, -0.2) is 78.7 Å². The molecule has 1 aliphatic heterocycles. The first kappa shape index (κ1) is 29.7. The molecular formula is C33H41N7O4. The summed E-state index contributed by atoms with van der Waals surface area (Å²) in [6, 6.07) is 10.2. The zero-order valence-corrected chi connectivity index (χ0v) is 25.7. The van der Waals surface area contributed by atoms with Crippen molar-refractivity contribution in [1.82, 2.24) is 19.9 Å². The summed E-state index contributed by atoms with van der Waals surface area (Å²) in [5.41, 5.74) is 8.17. The number of carbonyl (C=O) groups excluding carboxylic acids is 1. The molecule has 1 saturated heterocycles. The second-order valence-electron chi connectivity index (χ2n) is 11.8. The Morgan fingerprint density at radius 2 is 1.93 bits per heavy atom. The molecule has 0 bridgehead atoms. The van der Waals surface area contributed by atoms with Gasteiger partial charge in [-0.3, -0.25) is 4.79 Å². The topological polar surface area (TPSA) is 132 Å². The Labute approximate surface area is 257 Å². The number of furan rings is 1. The summed E-state index contributed by atoms with van der Waals surface area (Å²) in [6.45, 7) is 6.73. The average molecular weight is 600 g/mol. The molecule has 232 valence electrons. The van der Waals surface area contributed by atoms with Crippen molar-refractivity contribution in [3.05, 3.63) is 54.0 Å². The molecule has 11 heteroatoms. The quantitative estimate of drug-likeness (QED) is 0.205. The number of nitrogens with one attached hydrogen (secondary N) is 1. The number of nitrogens with two attached hydrogens (primary N) is 1. The molecule has 11 nitrogen and oxygen atoms in total. The van der Waals surface area contributed by atoms with Crippen LogP contribution in [0.3, 0.4) is 0 Å². The number of amides is 1. The minimum absolute atomic E-state index is 0.242. The highest BCUT2D eigenvalue weighted by atomic mass is 16.5. The monoisotopic (exact) mass is 599 g/mol. The van der Waals surface area contributed by atoms with Crippen LogP contribution in [0, 0.1) is 12.8 Å². The third-order valence-electron chi connectivity index (χ3n) is 8.69. The Hall–Kier alpha value is -4.38. The molecule has 3 N–H and O–H groups in total. The minimum atomic E-state index is -0.538. The molecule has 1 aromatic carbocycles. The van der Waals surface area contributed by atoms with E-state index in [9.17, 15) is 4.79 Å². The van der Waals surface area contributed by atoms with Crippen LogP contribution in [0.2, 0.25) is 0 Å². The van der Waals surface area contributed by atoms with Gasteiger partial charge in [0.2, 0.25) is 5.95 Å². The van der Waals surface area contributed by atoms with Crippen molar-refractivity contribution in [1.29, 1.82) is 0 Å². The highest BCUT2D eigenvalue weighted by Crippen LogP contribution is 2.39. The van der Waals surface area contributed by atoms with Gasteiger partial charge in [0.15, 0.2) is 17.3 Å². The maximum absolute atomic E-state index is 11.4. The molecule has 1 aliphatic carbocycles. The first-order valence-electron chi connectivity index (χ1n) is 15.4. The maximum Gasteiger partial charge on any atom is 0.251 e. The minimum Gasteiger partial charge on any atom is -0.493 e. The molecule has 1 amide bonds. The van der Waals surface area contributed by atoms with E-state index in [4.69, 9.17) is 24.6 Å². The summed E-state index contributed by atoms with van der Waals surface area (Å²) in [5.74, 6) is 3.33. The number of carbonyl (C=O) groups is 1. The first-order chi connectivity index (χ1) is 21.4. The predicted molar refractivity (Wildman–Crippen MR) is 170 cm³/mol. The zero-order valence-electron chi connectivity index (χ0n) is 25.7. The third kappa shape index (κ3) is 6.57. The van der Waals surface area contributed by atoms with E-state index in [-0.39, 0.29) is 6.04 Å². The van der Waals surface area contributed by atoms with Gasteiger partial charge in [-0.25, -0.2) is 15.0 Å². The lowest BCUT2D eigenvalue weighted by Gasteiger charge is -2.40. The Morgan fingerprint density at radius 1 is 1.14 bits per heavy atom. The summed E-state index contributed by atoms with van der Waals surface area (Å²) in [7, 11) is 3.64. The standard InChI is InChI=1S/C33H41N7O4/c1-21-7-10-29(44-21)28-16-26(37-25-9-8-22(25)20-39(2)33-35-18-23(19-36-33)32(34)41)24-15-30(42-3)31(17-27(24)38-28)43-14-6-13-40-11-4-5-12-40/h7,10,15-19,22,25H,4-6,8-9,11-14,20H2,1-3H3,(H2,34,41)(H,37,38)/t22?,25-/m0/s1. The number of anilines is 2. The van der Waals surface area contributed by atoms with Gasteiger partial charge in [0.25, 0.3) is 5.91 Å². The summed E-state index contributed by atoms with van der Waals surface area (Å²) in [6.07, 6.45) is 8.59. The molecule has 1 unspecified atom stereocenters. The number of aromatic nitrogens is 3. The predicted octanol–water partition coefficient (Wildman–Crippen LogP) is 4.89. The number of benzene rings is 1. The Balaban J connectivity index is 1.22. The highest BCUT2D eigenvalue weighted by Gasteiger charge is 2.33. The van der Waals surface area contributed by atoms with Crippen LogP contribution in [0.4, 0.5) is 11.6 Å². The number of rotatable bonds is 13. The van der Waals surface area contributed by atoms with E-state index < -0.39 is 5.91 Å². The van der Waals surface area contributed by atoms with Gasteiger partial charge in [-0.05, 0) is 82.3 Å². The van der Waals surface area contributed by atoms with E-state index in [0.717, 1.165) is 66.2 Å². The van der Waals surface area contributed by atoms with Crippen LogP contribution in [-0.2, 0) is 0 Å². The normalized spacial score (nSPS) is 18.2. The van der Waals surface area contributed by atoms with Gasteiger partial charge in [-0.2, -0.15) is 0 Å². The number of fused-ring (bicyclic) bond motifs is 1. The molecule has 3 aromatic heterocycles. The smallest absolute Gasteiger partial charge is 0.251 e. The lowest BCUT2D eigenvalue weighted by Crippen LogP contribution is -2.44. The van der Waals surface area contributed by atoms with Gasteiger partial charge in [0.1, 0.15) is 11.5 Å². The number of nitrogens with zero attached hydrogens (tertiary/aromatic N) is 5. The molecule has 44 heavy (non-hydrogen) atoms. The number of aryl methyl sites for hydroxylation is 1. The molecule has 2 fully saturated rings. The van der Waals surface area contributed by atoms with Crippen LogP contribution in [0.5, 0.6) is 11.5 Å². The first-order valence-corrected chi connectivity index (χ1v) is 15.4. The average Bonchev–Trinajstić information content (AvgIpc) is 3.71. The maximum atomic E-state index is 11.4. The fraction of sp³-hybridized carbons (Fsp3) is 0.455. The van der Waals surface area contributed by atoms with Crippen molar-refractivity contribution in [2.75, 3.05) is 57.2 Å². The van der Waals surface area contributed by atoms with E-state index >= 15 is 0 Å². The van der Waals surface area contributed by atoms with Crippen LogP contribution in [0.15, 0.2) is 47.1 Å². The number of hydrogen-bond acceptors (Lipinski definition) is 10. The Morgan fingerprint density at radius 3 is 2.59 bits per heavy atom. The molecule has 2 aliphatic rings. The fourth-order valence-corrected chi connectivity index (χ4v) is 6.06. The number of methoxy groups -OCH3 is 1. The molecule has 6 rings (SSSR count). The lowest BCUT2D eigenvalue weighted by atomic mass is 9.79. The van der Waals surface area contributed by atoms with Crippen molar-refractivity contribution in [3.8, 4) is 23.0 Å². The molecule has 0 spiro atoms. The number of pyridine rings is 1. The largest absolute Gasteiger partial charge is 0.493 e. The van der Waals surface area contributed by atoms with E-state index in [2.05, 4.69) is 26.3 Å². The second kappa shape index (κ2) is 13.1. The zero-order chi connectivity index (χ0) is 30.6. The fourth-order valence-electron chi connectivity index (χ4n) is 6.06.